The summed E-state index contributed by atoms with van der Waals surface area (Å²) in [6.45, 7) is 15.0. The molecule has 0 aromatic heterocycles. The number of nitrogens with zero attached hydrogens (tertiary/aromatic N) is 1. The summed E-state index contributed by atoms with van der Waals surface area (Å²) in [5.74, 6) is 0. The van der Waals surface area contributed by atoms with Gasteiger partial charge >= 0.3 is 7.12 Å². The number of rotatable bonds is 1. The molecule has 0 N–H and O–H groups in total. The van der Waals surface area contributed by atoms with E-state index in [1.165, 1.54) is 0 Å². The molecule has 0 radical (unpaired) electrons. The zero-order valence-corrected chi connectivity index (χ0v) is 10.7. The van der Waals surface area contributed by atoms with Gasteiger partial charge in [-0.1, -0.05) is 24.3 Å². The Balaban J connectivity index is 2.23. The van der Waals surface area contributed by atoms with Gasteiger partial charge in [-0.05, 0) is 33.2 Å². The normalized spacial score (nSPS) is 21.2. The molecule has 0 unspecified atom stereocenters. The fourth-order valence-electron chi connectivity index (χ4n) is 1.69. The summed E-state index contributed by atoms with van der Waals surface area (Å²) in [5.41, 5.74) is 0.938. The zero-order chi connectivity index (χ0) is 12.7. The molecule has 1 heterocycles. The molecule has 1 aromatic carbocycles. The van der Waals surface area contributed by atoms with E-state index in [0.717, 1.165) is 5.46 Å². The molecular formula is C13H16BNO2. The average molecular weight is 229 g/mol. The van der Waals surface area contributed by atoms with Gasteiger partial charge in [-0.3, -0.25) is 0 Å². The van der Waals surface area contributed by atoms with E-state index in [-0.39, 0.29) is 18.3 Å². The van der Waals surface area contributed by atoms with Gasteiger partial charge in [0.25, 0.3) is 0 Å². The van der Waals surface area contributed by atoms with Gasteiger partial charge in [0.2, 0.25) is 0 Å². The fourth-order valence-corrected chi connectivity index (χ4v) is 1.69. The molecule has 0 atom stereocenters. The lowest BCUT2D eigenvalue weighted by molar-refractivity contribution is 0.00578. The second kappa shape index (κ2) is 3.87. The van der Waals surface area contributed by atoms with Crippen LogP contribution in [0.5, 0.6) is 0 Å². The Bertz CT molecular complexity index is 443. The quantitative estimate of drug-likeness (QED) is 0.545. The Kier molecular flexibility index (Phi) is 2.77. The standard InChI is InChI=1S/C13H16BNO2/c1-12(2)13(3,4)17-14(16-12)10-6-8-11(15-5)9-7-10/h6-9H,1-4H3. The molecule has 88 valence electrons. The van der Waals surface area contributed by atoms with Crippen molar-refractivity contribution in [3.63, 3.8) is 0 Å². The monoisotopic (exact) mass is 229 g/mol. The molecule has 0 saturated carbocycles. The average Bonchev–Trinajstić information content (AvgIpc) is 2.48. The summed E-state index contributed by atoms with van der Waals surface area (Å²) < 4.78 is 11.8. The lowest BCUT2D eigenvalue weighted by Crippen LogP contribution is -2.41. The Morgan fingerprint density at radius 2 is 1.47 bits per heavy atom. The minimum atomic E-state index is -0.347. The first-order valence-electron chi connectivity index (χ1n) is 5.69. The second-order valence-electron chi connectivity index (χ2n) is 5.29. The molecule has 2 rings (SSSR count). The van der Waals surface area contributed by atoms with Gasteiger partial charge in [0, 0.05) is 0 Å². The third kappa shape index (κ3) is 2.09. The van der Waals surface area contributed by atoms with Crippen LogP contribution in [0.15, 0.2) is 24.3 Å². The van der Waals surface area contributed by atoms with Crippen LogP contribution in [-0.4, -0.2) is 18.3 Å². The molecule has 0 aliphatic carbocycles. The smallest absolute Gasteiger partial charge is 0.399 e. The maximum Gasteiger partial charge on any atom is 0.494 e. The van der Waals surface area contributed by atoms with Crippen LogP contribution >= 0.6 is 0 Å². The minimum Gasteiger partial charge on any atom is -0.399 e. The second-order valence-corrected chi connectivity index (χ2v) is 5.29. The van der Waals surface area contributed by atoms with Gasteiger partial charge in [-0.25, -0.2) is 4.85 Å². The highest BCUT2D eigenvalue weighted by atomic mass is 16.7. The van der Waals surface area contributed by atoms with Crippen LogP contribution in [0.3, 0.4) is 0 Å². The summed E-state index contributed by atoms with van der Waals surface area (Å²) in [5, 5.41) is 0. The Morgan fingerprint density at radius 3 is 1.88 bits per heavy atom. The highest BCUT2D eigenvalue weighted by Gasteiger charge is 2.51. The molecule has 17 heavy (non-hydrogen) atoms. The van der Waals surface area contributed by atoms with Crippen LogP contribution in [0.2, 0.25) is 0 Å². The molecule has 0 amide bonds. The molecule has 1 fully saturated rings. The maximum atomic E-state index is 6.91. The van der Waals surface area contributed by atoms with Gasteiger partial charge in [-0.15, -0.1) is 0 Å². The first-order valence-corrected chi connectivity index (χ1v) is 5.69. The van der Waals surface area contributed by atoms with E-state index in [1.54, 1.807) is 12.1 Å². The third-order valence-electron chi connectivity index (χ3n) is 3.55. The van der Waals surface area contributed by atoms with Gasteiger partial charge in [-0.2, -0.15) is 0 Å². The van der Waals surface area contributed by atoms with E-state index in [2.05, 4.69) is 4.85 Å². The van der Waals surface area contributed by atoms with Crippen LogP contribution in [0.1, 0.15) is 27.7 Å². The summed E-state index contributed by atoms with van der Waals surface area (Å²) in [6.07, 6.45) is 0. The van der Waals surface area contributed by atoms with Crippen molar-refractivity contribution in [2.75, 3.05) is 0 Å². The zero-order valence-electron chi connectivity index (χ0n) is 10.7. The first-order chi connectivity index (χ1) is 7.86. The van der Waals surface area contributed by atoms with Gasteiger partial charge < -0.3 is 9.31 Å². The van der Waals surface area contributed by atoms with Gasteiger partial charge in [0.15, 0.2) is 5.69 Å². The molecule has 4 heteroatoms. The molecule has 0 bridgehead atoms. The van der Waals surface area contributed by atoms with Crippen LogP contribution in [0.4, 0.5) is 5.69 Å². The third-order valence-corrected chi connectivity index (χ3v) is 3.55. The SMILES string of the molecule is [C-]#[N+]c1ccc(B2OC(C)(C)C(C)(C)O2)cc1. The number of hydrogen-bond donors (Lipinski definition) is 0. The molecule has 1 aliphatic rings. The van der Waals surface area contributed by atoms with Crippen LogP contribution in [0.25, 0.3) is 4.85 Å². The molecular weight excluding hydrogens is 213 g/mol. The van der Waals surface area contributed by atoms with E-state index in [1.807, 2.05) is 39.8 Å². The van der Waals surface area contributed by atoms with Gasteiger partial charge in [0.05, 0.1) is 17.8 Å². The summed E-state index contributed by atoms with van der Waals surface area (Å²) in [6, 6.07) is 7.34. The largest absolute Gasteiger partial charge is 0.494 e. The molecule has 0 spiro atoms. The number of benzene rings is 1. The van der Waals surface area contributed by atoms with Crippen molar-refractivity contribution < 1.29 is 9.31 Å². The van der Waals surface area contributed by atoms with Crippen molar-refractivity contribution in [2.24, 2.45) is 0 Å². The Labute approximate surface area is 103 Å². The fraction of sp³-hybridized carbons (Fsp3) is 0.462. The van der Waals surface area contributed by atoms with Crippen molar-refractivity contribution in [1.82, 2.24) is 0 Å². The lowest BCUT2D eigenvalue weighted by atomic mass is 9.79. The number of hydrogen-bond acceptors (Lipinski definition) is 2. The van der Waals surface area contributed by atoms with E-state index in [0.29, 0.717) is 5.69 Å². The summed E-state index contributed by atoms with van der Waals surface area (Å²) in [4.78, 5) is 3.36. The highest BCUT2D eigenvalue weighted by Crippen LogP contribution is 2.36. The van der Waals surface area contributed by atoms with Crippen molar-refractivity contribution >= 4 is 18.3 Å². The Hall–Kier alpha value is -1.31. The van der Waals surface area contributed by atoms with Gasteiger partial charge in [0.1, 0.15) is 0 Å². The van der Waals surface area contributed by atoms with Crippen LogP contribution < -0.4 is 5.46 Å². The Morgan fingerprint density at radius 1 is 1.00 bits per heavy atom. The lowest BCUT2D eigenvalue weighted by Gasteiger charge is -2.32. The first kappa shape index (κ1) is 12.2. The highest BCUT2D eigenvalue weighted by molar-refractivity contribution is 6.62. The predicted octanol–water partition coefficient (Wildman–Crippen LogP) is 2.54. The van der Waals surface area contributed by atoms with Crippen LogP contribution in [0, 0.1) is 6.57 Å². The van der Waals surface area contributed by atoms with E-state index >= 15 is 0 Å². The van der Waals surface area contributed by atoms with Crippen molar-refractivity contribution in [3.05, 3.63) is 35.7 Å². The molecule has 3 nitrogen and oxygen atoms in total. The van der Waals surface area contributed by atoms with Crippen molar-refractivity contribution in [3.8, 4) is 0 Å². The maximum absolute atomic E-state index is 6.91. The molecule has 1 saturated heterocycles. The van der Waals surface area contributed by atoms with Crippen molar-refractivity contribution in [1.29, 1.82) is 0 Å². The predicted molar refractivity (Wildman–Crippen MR) is 68.4 cm³/mol. The van der Waals surface area contributed by atoms with E-state index < -0.39 is 0 Å². The summed E-state index contributed by atoms with van der Waals surface area (Å²) >= 11 is 0. The van der Waals surface area contributed by atoms with Crippen LogP contribution in [-0.2, 0) is 9.31 Å². The topological polar surface area (TPSA) is 22.8 Å². The summed E-state index contributed by atoms with van der Waals surface area (Å²) in [7, 11) is -0.347. The molecule has 1 aromatic rings. The van der Waals surface area contributed by atoms with E-state index in [9.17, 15) is 0 Å². The molecule has 1 aliphatic heterocycles. The minimum absolute atomic E-state index is 0.323. The van der Waals surface area contributed by atoms with E-state index in [4.69, 9.17) is 15.9 Å². The van der Waals surface area contributed by atoms with Crippen molar-refractivity contribution in [2.45, 2.75) is 38.9 Å².